The number of carbonyl (C=O) groups is 1. The molecule has 1 atom stereocenters. The summed E-state index contributed by atoms with van der Waals surface area (Å²) in [4.78, 5) is 11.6. The molecule has 3 rings (SSSR count). The maximum absolute atomic E-state index is 13.5. The molecular weight excluding hydrogens is 524 g/mol. The molecule has 0 aliphatic heterocycles. The molecule has 0 fully saturated rings. The number of benzene rings is 3. The highest BCUT2D eigenvalue weighted by atomic mass is 32.2. The second-order valence-electron chi connectivity index (χ2n) is 7.70. The van der Waals surface area contributed by atoms with Crippen LogP contribution in [-0.2, 0) is 31.4 Å². The first kappa shape index (κ1) is 27.9. The topological polar surface area (TPSA) is 160 Å². The van der Waals surface area contributed by atoms with Crippen LogP contribution < -0.4 is 14.2 Å². The third kappa shape index (κ3) is 6.38. The Bertz CT molecular complexity index is 1440. The van der Waals surface area contributed by atoms with E-state index in [0.29, 0.717) is 15.8 Å². The fourth-order valence-electron chi connectivity index (χ4n) is 3.42. The van der Waals surface area contributed by atoms with Gasteiger partial charge in [0.05, 0.1) is 36.3 Å². The summed E-state index contributed by atoms with van der Waals surface area (Å²) in [5.74, 6) is -0.723. The lowest BCUT2D eigenvalue weighted by molar-refractivity contribution is -0.142. The first-order chi connectivity index (χ1) is 17.5. The minimum atomic E-state index is -4.46. The third-order valence-electron chi connectivity index (χ3n) is 5.43. The molecule has 37 heavy (non-hydrogen) atoms. The number of aliphatic hydroxyl groups excluding tert-OH is 1. The molecule has 3 aromatic carbocycles. The second kappa shape index (κ2) is 11.6. The number of hydrogen-bond donors (Lipinski definition) is 3. The van der Waals surface area contributed by atoms with Gasteiger partial charge in [0.1, 0.15) is 17.5 Å². The summed E-state index contributed by atoms with van der Waals surface area (Å²) in [7, 11) is -5.69. The number of nitrogens with zero attached hydrogens (tertiary/aromatic N) is 1. The van der Waals surface area contributed by atoms with Gasteiger partial charge >= 0.3 is 5.97 Å². The fraction of sp³-hybridized carbons (Fsp3) is 0.208. The van der Waals surface area contributed by atoms with Gasteiger partial charge in [-0.3, -0.25) is 9.52 Å². The standard InChI is InChI=1S/C24H26N2O9S2/c1-34-18-7-11-20(12-8-18)36(30,31)25-22-6-4-3-5-17(22)15-26(23(16-27)24(28)29)37(32,33)21-13-9-19(35-2)10-14-21/h3-14,23,25,27H,15-16H2,1-2H3,(H,28,29). The molecule has 198 valence electrons. The maximum atomic E-state index is 13.5. The monoisotopic (exact) mass is 550 g/mol. The van der Waals surface area contributed by atoms with Crippen LogP contribution in [0.3, 0.4) is 0 Å². The number of para-hydroxylation sites is 1. The van der Waals surface area contributed by atoms with E-state index in [-0.39, 0.29) is 21.0 Å². The van der Waals surface area contributed by atoms with Crippen LogP contribution in [-0.4, -0.2) is 64.2 Å². The molecule has 1 unspecified atom stereocenters. The Morgan fingerprint density at radius 2 is 1.38 bits per heavy atom. The highest BCUT2D eigenvalue weighted by molar-refractivity contribution is 7.92. The number of methoxy groups -OCH3 is 2. The van der Waals surface area contributed by atoms with Gasteiger partial charge < -0.3 is 19.7 Å². The van der Waals surface area contributed by atoms with Crippen molar-refractivity contribution in [2.24, 2.45) is 0 Å². The Hall–Kier alpha value is -3.65. The van der Waals surface area contributed by atoms with Crippen molar-refractivity contribution < 1.29 is 41.3 Å². The van der Waals surface area contributed by atoms with Gasteiger partial charge in [-0.15, -0.1) is 0 Å². The molecule has 0 radical (unpaired) electrons. The Morgan fingerprint density at radius 1 is 0.865 bits per heavy atom. The smallest absolute Gasteiger partial charge is 0.324 e. The van der Waals surface area contributed by atoms with Crippen molar-refractivity contribution in [2.45, 2.75) is 22.4 Å². The number of aliphatic carboxylic acids is 1. The summed E-state index contributed by atoms with van der Waals surface area (Å²) in [5, 5.41) is 19.4. The van der Waals surface area contributed by atoms with E-state index in [9.17, 15) is 31.8 Å². The lowest BCUT2D eigenvalue weighted by atomic mass is 10.1. The number of anilines is 1. The predicted octanol–water partition coefficient (Wildman–Crippen LogP) is 2.14. The number of sulfonamides is 2. The Morgan fingerprint density at radius 3 is 1.86 bits per heavy atom. The lowest BCUT2D eigenvalue weighted by Gasteiger charge is -2.28. The zero-order valence-corrected chi connectivity index (χ0v) is 21.6. The normalized spacial score (nSPS) is 12.6. The van der Waals surface area contributed by atoms with Crippen LogP contribution in [0, 0.1) is 0 Å². The molecule has 0 aromatic heterocycles. The molecule has 0 aliphatic carbocycles. The van der Waals surface area contributed by atoms with Gasteiger partial charge in [0.2, 0.25) is 10.0 Å². The van der Waals surface area contributed by atoms with Gasteiger partial charge in [0, 0.05) is 6.54 Å². The zero-order valence-electron chi connectivity index (χ0n) is 19.9. The second-order valence-corrected chi connectivity index (χ2v) is 11.3. The Balaban J connectivity index is 2.02. The summed E-state index contributed by atoms with van der Waals surface area (Å²) in [6.45, 7) is -1.56. The number of nitrogens with one attached hydrogen (secondary N) is 1. The number of rotatable bonds is 12. The average Bonchev–Trinajstić information content (AvgIpc) is 2.89. The molecular formula is C24H26N2O9S2. The molecule has 11 nitrogen and oxygen atoms in total. The summed E-state index contributed by atoms with van der Waals surface area (Å²) in [6.07, 6.45) is 0. The van der Waals surface area contributed by atoms with E-state index < -0.39 is 45.2 Å². The summed E-state index contributed by atoms with van der Waals surface area (Å²) < 4.78 is 66.0. The molecule has 0 amide bonds. The largest absolute Gasteiger partial charge is 0.497 e. The minimum absolute atomic E-state index is 0.0373. The SMILES string of the molecule is COc1ccc(S(=O)(=O)Nc2ccccc2CN(C(CO)C(=O)O)S(=O)(=O)c2ccc(OC)cc2)cc1. The van der Waals surface area contributed by atoms with Crippen molar-refractivity contribution >= 4 is 31.7 Å². The van der Waals surface area contributed by atoms with Crippen molar-refractivity contribution in [1.29, 1.82) is 0 Å². The lowest BCUT2D eigenvalue weighted by Crippen LogP contribution is -2.46. The summed E-state index contributed by atoms with van der Waals surface area (Å²) >= 11 is 0. The molecule has 0 aliphatic rings. The third-order valence-corrected chi connectivity index (χ3v) is 8.68. The number of hydrogen-bond acceptors (Lipinski definition) is 8. The first-order valence-electron chi connectivity index (χ1n) is 10.8. The molecule has 13 heteroatoms. The van der Waals surface area contributed by atoms with E-state index in [1.54, 1.807) is 12.1 Å². The van der Waals surface area contributed by atoms with E-state index in [4.69, 9.17) is 9.47 Å². The van der Waals surface area contributed by atoms with Crippen LogP contribution in [0.1, 0.15) is 5.56 Å². The number of carboxylic acid groups (broad SMARTS) is 1. The van der Waals surface area contributed by atoms with Gasteiger partial charge in [0.15, 0.2) is 0 Å². The molecule has 0 spiro atoms. The number of ether oxygens (including phenoxy) is 2. The summed E-state index contributed by atoms with van der Waals surface area (Å²) in [5.41, 5.74) is 0.201. The van der Waals surface area contributed by atoms with Crippen molar-refractivity contribution in [3.63, 3.8) is 0 Å². The van der Waals surface area contributed by atoms with Crippen LogP contribution >= 0.6 is 0 Å². The molecule has 3 aromatic rings. The van der Waals surface area contributed by atoms with E-state index in [0.717, 1.165) is 0 Å². The van der Waals surface area contributed by atoms with Crippen LogP contribution in [0.5, 0.6) is 11.5 Å². The van der Waals surface area contributed by atoms with E-state index in [2.05, 4.69) is 4.72 Å². The van der Waals surface area contributed by atoms with Crippen LogP contribution in [0.15, 0.2) is 82.6 Å². The van der Waals surface area contributed by atoms with E-state index >= 15 is 0 Å². The highest BCUT2D eigenvalue weighted by Crippen LogP contribution is 2.28. The number of carboxylic acids is 1. The Labute approximate surface area is 215 Å². The van der Waals surface area contributed by atoms with Gasteiger partial charge in [-0.2, -0.15) is 4.31 Å². The van der Waals surface area contributed by atoms with Crippen molar-refractivity contribution in [2.75, 3.05) is 25.5 Å². The first-order valence-corrected chi connectivity index (χ1v) is 13.7. The van der Waals surface area contributed by atoms with E-state index in [1.807, 2.05) is 0 Å². The van der Waals surface area contributed by atoms with Gasteiger partial charge in [0.25, 0.3) is 10.0 Å². The molecule has 0 saturated carbocycles. The van der Waals surface area contributed by atoms with E-state index in [1.165, 1.54) is 74.9 Å². The average molecular weight is 551 g/mol. The predicted molar refractivity (Wildman–Crippen MR) is 134 cm³/mol. The fourth-order valence-corrected chi connectivity index (χ4v) is 6.07. The Kier molecular flexibility index (Phi) is 8.76. The molecule has 0 heterocycles. The molecule has 0 bridgehead atoms. The van der Waals surface area contributed by atoms with Crippen molar-refractivity contribution in [3.05, 3.63) is 78.4 Å². The minimum Gasteiger partial charge on any atom is -0.497 e. The van der Waals surface area contributed by atoms with Gasteiger partial charge in [-0.25, -0.2) is 16.8 Å². The maximum Gasteiger partial charge on any atom is 0.324 e. The molecule has 3 N–H and O–H groups in total. The van der Waals surface area contributed by atoms with Gasteiger partial charge in [-0.05, 0) is 60.2 Å². The van der Waals surface area contributed by atoms with Crippen LogP contribution in [0.2, 0.25) is 0 Å². The van der Waals surface area contributed by atoms with Gasteiger partial charge in [-0.1, -0.05) is 18.2 Å². The van der Waals surface area contributed by atoms with Crippen LogP contribution in [0.25, 0.3) is 0 Å². The quantitative estimate of drug-likeness (QED) is 0.307. The van der Waals surface area contributed by atoms with Crippen molar-refractivity contribution in [1.82, 2.24) is 4.31 Å². The van der Waals surface area contributed by atoms with Crippen LogP contribution in [0.4, 0.5) is 5.69 Å². The molecule has 0 saturated heterocycles. The summed E-state index contributed by atoms with van der Waals surface area (Å²) in [6, 6.07) is 15.1. The van der Waals surface area contributed by atoms with Crippen molar-refractivity contribution in [3.8, 4) is 11.5 Å². The highest BCUT2D eigenvalue weighted by Gasteiger charge is 2.36. The number of aliphatic hydroxyl groups is 1. The zero-order chi connectivity index (χ0) is 27.2.